The van der Waals surface area contributed by atoms with Crippen LogP contribution in [0.1, 0.15) is 11.5 Å². The zero-order valence-corrected chi connectivity index (χ0v) is 12.7. The molecule has 1 aliphatic rings. The van der Waals surface area contributed by atoms with Gasteiger partial charge in [0.1, 0.15) is 0 Å². The highest BCUT2D eigenvalue weighted by Crippen LogP contribution is 2.17. The lowest BCUT2D eigenvalue weighted by Crippen LogP contribution is -2.45. The average Bonchev–Trinajstić information content (AvgIpc) is 2.99. The van der Waals surface area contributed by atoms with Crippen molar-refractivity contribution in [2.24, 2.45) is 0 Å². The van der Waals surface area contributed by atoms with E-state index in [1.165, 1.54) is 5.56 Å². The van der Waals surface area contributed by atoms with Crippen LogP contribution in [0.4, 0.5) is 0 Å². The first kappa shape index (κ1) is 14.7. The second kappa shape index (κ2) is 6.69. The molecule has 1 aromatic carbocycles. The van der Waals surface area contributed by atoms with Gasteiger partial charge in [0, 0.05) is 31.7 Å². The fraction of sp³-hybridized carbons (Fsp3) is 0.438. The second-order valence-electron chi connectivity index (χ2n) is 5.59. The van der Waals surface area contributed by atoms with Crippen molar-refractivity contribution in [1.29, 1.82) is 5.26 Å². The molecule has 0 amide bonds. The molecule has 0 N–H and O–H groups in total. The van der Waals surface area contributed by atoms with Gasteiger partial charge in [0.05, 0.1) is 19.2 Å². The highest BCUT2D eigenvalue weighted by molar-refractivity contribution is 5.54. The Hall–Kier alpha value is -2.23. The summed E-state index contributed by atoms with van der Waals surface area (Å²) in [5.41, 5.74) is 2.18. The molecule has 1 fully saturated rings. The summed E-state index contributed by atoms with van der Waals surface area (Å²) in [6, 6.07) is 10.3. The van der Waals surface area contributed by atoms with Crippen LogP contribution in [0.2, 0.25) is 0 Å². The van der Waals surface area contributed by atoms with Crippen LogP contribution >= 0.6 is 0 Å². The Bertz CT molecular complexity index is 650. The monoisotopic (exact) mass is 297 g/mol. The predicted molar refractivity (Wildman–Crippen MR) is 81.8 cm³/mol. The molecule has 6 nitrogen and oxygen atoms in total. The third-order valence-electron chi connectivity index (χ3n) is 3.90. The van der Waals surface area contributed by atoms with E-state index < -0.39 is 0 Å². The molecule has 0 radical (unpaired) electrons. The maximum atomic E-state index is 8.71. The molecule has 1 aliphatic heterocycles. The van der Waals surface area contributed by atoms with Crippen molar-refractivity contribution in [2.45, 2.75) is 13.5 Å². The van der Waals surface area contributed by atoms with Gasteiger partial charge in [-0.2, -0.15) is 10.2 Å². The second-order valence-corrected chi connectivity index (χ2v) is 5.59. The molecule has 2 aromatic rings. The number of aryl methyl sites for hydroxylation is 1. The first-order valence-electron chi connectivity index (χ1n) is 7.46. The summed E-state index contributed by atoms with van der Waals surface area (Å²) >= 11 is 0. The summed E-state index contributed by atoms with van der Waals surface area (Å²) < 4.78 is 5.36. The molecule has 0 aliphatic carbocycles. The van der Waals surface area contributed by atoms with Gasteiger partial charge < -0.3 is 4.52 Å². The first-order chi connectivity index (χ1) is 10.7. The van der Waals surface area contributed by atoms with Gasteiger partial charge in [0.25, 0.3) is 0 Å². The number of rotatable bonds is 4. The van der Waals surface area contributed by atoms with Crippen LogP contribution in [0.3, 0.4) is 0 Å². The standard InChI is InChI=1S/C16H19N5O/c1-13-2-4-14(5-3-13)16-18-15(22-19-16)12-21-10-8-20(7-6-17)9-11-21/h2-5H,7-12H2,1H3. The van der Waals surface area contributed by atoms with Crippen LogP contribution in [0.15, 0.2) is 28.8 Å². The molecule has 3 rings (SSSR count). The lowest BCUT2D eigenvalue weighted by Gasteiger charge is -2.32. The minimum Gasteiger partial charge on any atom is -0.338 e. The topological polar surface area (TPSA) is 69.2 Å². The normalized spacial score (nSPS) is 16.5. The molecule has 0 atom stereocenters. The Kier molecular flexibility index (Phi) is 4.47. The molecule has 0 saturated carbocycles. The largest absolute Gasteiger partial charge is 0.338 e. The van der Waals surface area contributed by atoms with E-state index in [2.05, 4.69) is 32.9 Å². The lowest BCUT2D eigenvalue weighted by atomic mass is 10.1. The van der Waals surface area contributed by atoms with Crippen LogP contribution in [-0.4, -0.2) is 52.7 Å². The molecule has 6 heteroatoms. The van der Waals surface area contributed by atoms with Gasteiger partial charge in [-0.15, -0.1) is 0 Å². The number of nitriles is 1. The number of hydrogen-bond donors (Lipinski definition) is 0. The summed E-state index contributed by atoms with van der Waals surface area (Å²) in [6.07, 6.45) is 0. The van der Waals surface area contributed by atoms with E-state index in [1.54, 1.807) is 0 Å². The molecular weight excluding hydrogens is 278 g/mol. The third kappa shape index (κ3) is 3.50. The van der Waals surface area contributed by atoms with E-state index in [0.29, 0.717) is 24.8 Å². The number of nitrogens with zero attached hydrogens (tertiary/aromatic N) is 5. The summed E-state index contributed by atoms with van der Waals surface area (Å²) in [7, 11) is 0. The van der Waals surface area contributed by atoms with Gasteiger partial charge >= 0.3 is 0 Å². The highest BCUT2D eigenvalue weighted by atomic mass is 16.5. The number of piperazine rings is 1. The summed E-state index contributed by atoms with van der Waals surface area (Å²) in [5.74, 6) is 1.28. The Morgan fingerprint density at radius 3 is 2.50 bits per heavy atom. The first-order valence-corrected chi connectivity index (χ1v) is 7.46. The van der Waals surface area contributed by atoms with Gasteiger partial charge in [-0.05, 0) is 6.92 Å². The third-order valence-corrected chi connectivity index (χ3v) is 3.90. The van der Waals surface area contributed by atoms with Gasteiger partial charge in [0.15, 0.2) is 0 Å². The SMILES string of the molecule is Cc1ccc(-c2noc(CN3CCN(CC#N)CC3)n2)cc1. The van der Waals surface area contributed by atoms with Crippen molar-refractivity contribution in [3.8, 4) is 17.5 Å². The van der Waals surface area contributed by atoms with E-state index >= 15 is 0 Å². The van der Waals surface area contributed by atoms with Crippen LogP contribution in [-0.2, 0) is 6.54 Å². The summed E-state index contributed by atoms with van der Waals surface area (Å²) in [4.78, 5) is 8.91. The number of aromatic nitrogens is 2. The maximum Gasteiger partial charge on any atom is 0.241 e. The van der Waals surface area contributed by atoms with Crippen molar-refractivity contribution in [2.75, 3.05) is 32.7 Å². The summed E-state index contributed by atoms with van der Waals surface area (Å²) in [6.45, 7) is 6.88. The number of hydrogen-bond acceptors (Lipinski definition) is 6. The lowest BCUT2D eigenvalue weighted by molar-refractivity contribution is 0.126. The molecule has 0 unspecified atom stereocenters. The molecule has 114 valence electrons. The van der Waals surface area contributed by atoms with Crippen molar-refractivity contribution in [3.63, 3.8) is 0 Å². The highest BCUT2D eigenvalue weighted by Gasteiger charge is 2.19. The maximum absolute atomic E-state index is 8.71. The Balaban J connectivity index is 1.58. The van der Waals surface area contributed by atoms with E-state index in [1.807, 2.05) is 24.3 Å². The van der Waals surface area contributed by atoms with Crippen LogP contribution < -0.4 is 0 Å². The molecular formula is C16H19N5O. The molecule has 0 bridgehead atoms. The van der Waals surface area contributed by atoms with Crippen LogP contribution in [0, 0.1) is 18.3 Å². The van der Waals surface area contributed by atoms with Crippen molar-refractivity contribution in [3.05, 3.63) is 35.7 Å². The minimum atomic E-state index is 0.506. The molecule has 22 heavy (non-hydrogen) atoms. The van der Waals surface area contributed by atoms with Gasteiger partial charge in [-0.25, -0.2) is 0 Å². The van der Waals surface area contributed by atoms with E-state index in [9.17, 15) is 0 Å². The molecule has 0 spiro atoms. The predicted octanol–water partition coefficient (Wildman–Crippen LogP) is 1.69. The fourth-order valence-corrected chi connectivity index (χ4v) is 2.54. The van der Waals surface area contributed by atoms with Gasteiger partial charge in [0.2, 0.25) is 11.7 Å². The van der Waals surface area contributed by atoms with Crippen LogP contribution in [0.25, 0.3) is 11.4 Å². The van der Waals surface area contributed by atoms with Crippen LogP contribution in [0.5, 0.6) is 0 Å². The summed E-state index contributed by atoms with van der Waals surface area (Å²) in [5, 5.41) is 12.8. The van der Waals surface area contributed by atoms with Crippen molar-refractivity contribution >= 4 is 0 Å². The molecule has 1 saturated heterocycles. The fourth-order valence-electron chi connectivity index (χ4n) is 2.54. The Labute approximate surface area is 129 Å². The van der Waals surface area contributed by atoms with Gasteiger partial charge in [-0.1, -0.05) is 35.0 Å². The smallest absolute Gasteiger partial charge is 0.241 e. The van der Waals surface area contributed by atoms with Gasteiger partial charge in [-0.3, -0.25) is 9.80 Å². The van der Waals surface area contributed by atoms with Crippen molar-refractivity contribution < 1.29 is 4.52 Å². The zero-order chi connectivity index (χ0) is 15.4. The Morgan fingerprint density at radius 2 is 1.82 bits per heavy atom. The van der Waals surface area contributed by atoms with Crippen molar-refractivity contribution in [1.82, 2.24) is 19.9 Å². The Morgan fingerprint density at radius 1 is 1.14 bits per heavy atom. The molecule has 2 heterocycles. The minimum absolute atomic E-state index is 0.506. The molecule has 1 aromatic heterocycles. The zero-order valence-electron chi connectivity index (χ0n) is 12.7. The quantitative estimate of drug-likeness (QED) is 0.800. The number of benzene rings is 1. The van der Waals surface area contributed by atoms with E-state index in [4.69, 9.17) is 9.78 Å². The average molecular weight is 297 g/mol. The van der Waals surface area contributed by atoms with E-state index in [-0.39, 0.29) is 0 Å². The van der Waals surface area contributed by atoms with E-state index in [0.717, 1.165) is 31.7 Å².